The first-order valence-corrected chi connectivity index (χ1v) is 4.91. The molecule has 0 saturated carbocycles. The number of nitrogens with one attached hydrogen (secondary N) is 2. The highest BCUT2D eigenvalue weighted by molar-refractivity contribution is 6.07. The van der Waals surface area contributed by atoms with Crippen LogP contribution in [0.4, 0.5) is 5.69 Å². The molecule has 1 atom stereocenters. The van der Waals surface area contributed by atoms with Gasteiger partial charge in [0.2, 0.25) is 11.8 Å². The fourth-order valence-electron chi connectivity index (χ4n) is 1.60. The van der Waals surface area contributed by atoms with Gasteiger partial charge in [-0.05, 0) is 18.6 Å². The number of hydrogen-bond acceptors (Lipinski definition) is 2. The Morgan fingerprint density at radius 1 is 1.33 bits per heavy atom. The van der Waals surface area contributed by atoms with E-state index in [1.54, 1.807) is 12.1 Å². The zero-order valence-electron chi connectivity index (χ0n) is 8.19. The smallest absolute Gasteiger partial charge is 0.237 e. The van der Waals surface area contributed by atoms with E-state index in [0.717, 1.165) is 5.69 Å². The molecule has 0 aromatic heterocycles. The van der Waals surface area contributed by atoms with Gasteiger partial charge in [0.05, 0.1) is 0 Å². The average Bonchev–Trinajstić information content (AvgIpc) is 2.66. The summed E-state index contributed by atoms with van der Waals surface area (Å²) < 4.78 is 0. The van der Waals surface area contributed by atoms with Crippen molar-refractivity contribution >= 4 is 17.5 Å². The van der Waals surface area contributed by atoms with Crippen LogP contribution in [0, 0.1) is 5.92 Å². The van der Waals surface area contributed by atoms with E-state index in [4.69, 9.17) is 0 Å². The Balaban J connectivity index is 2.01. The van der Waals surface area contributed by atoms with Crippen molar-refractivity contribution in [2.24, 2.45) is 5.92 Å². The predicted molar refractivity (Wildman–Crippen MR) is 56.2 cm³/mol. The van der Waals surface area contributed by atoms with Crippen LogP contribution in [-0.4, -0.2) is 18.4 Å². The molecule has 1 aromatic carbocycles. The van der Waals surface area contributed by atoms with Crippen LogP contribution in [0.5, 0.6) is 0 Å². The minimum absolute atomic E-state index is 0.177. The first kappa shape index (κ1) is 9.71. The molecule has 0 aliphatic carbocycles. The highest BCUT2D eigenvalue weighted by atomic mass is 16.2. The summed E-state index contributed by atoms with van der Waals surface area (Å²) in [6, 6.07) is 9.14. The molecule has 15 heavy (non-hydrogen) atoms. The largest absolute Gasteiger partial charge is 0.355 e. The summed E-state index contributed by atoms with van der Waals surface area (Å²) in [6.45, 7) is 0.589. The van der Waals surface area contributed by atoms with Gasteiger partial charge in [0.25, 0.3) is 0 Å². The van der Waals surface area contributed by atoms with Gasteiger partial charge in [-0.1, -0.05) is 18.2 Å². The van der Waals surface area contributed by atoms with Gasteiger partial charge < -0.3 is 10.6 Å². The number of hydrogen-bond donors (Lipinski definition) is 2. The lowest BCUT2D eigenvalue weighted by Crippen LogP contribution is -2.29. The summed E-state index contributed by atoms with van der Waals surface area (Å²) >= 11 is 0. The predicted octanol–water partition coefficient (Wildman–Crippen LogP) is 0.761. The molecule has 1 unspecified atom stereocenters. The highest BCUT2D eigenvalue weighted by Gasteiger charge is 2.30. The number of amides is 2. The Labute approximate surface area is 87.7 Å². The van der Waals surface area contributed by atoms with E-state index in [9.17, 15) is 9.59 Å². The van der Waals surface area contributed by atoms with Gasteiger partial charge in [0.1, 0.15) is 5.92 Å². The Bertz CT molecular complexity index is 375. The molecular weight excluding hydrogens is 192 g/mol. The minimum Gasteiger partial charge on any atom is -0.355 e. The lowest BCUT2D eigenvalue weighted by atomic mass is 10.1. The second kappa shape index (κ2) is 4.13. The summed E-state index contributed by atoms with van der Waals surface area (Å²) in [7, 11) is 0. The van der Waals surface area contributed by atoms with E-state index in [2.05, 4.69) is 10.6 Å². The van der Waals surface area contributed by atoms with Crippen LogP contribution in [0.3, 0.4) is 0 Å². The van der Waals surface area contributed by atoms with E-state index in [0.29, 0.717) is 13.0 Å². The Hall–Kier alpha value is -1.84. The second-order valence-corrected chi connectivity index (χ2v) is 3.49. The fraction of sp³-hybridized carbons (Fsp3) is 0.273. The monoisotopic (exact) mass is 204 g/mol. The molecule has 4 heteroatoms. The maximum absolute atomic E-state index is 11.7. The number of rotatable bonds is 2. The van der Waals surface area contributed by atoms with Crippen LogP contribution < -0.4 is 10.6 Å². The van der Waals surface area contributed by atoms with Crippen LogP contribution in [0.15, 0.2) is 30.3 Å². The molecule has 2 N–H and O–H groups in total. The van der Waals surface area contributed by atoms with Crippen molar-refractivity contribution in [3.05, 3.63) is 30.3 Å². The van der Waals surface area contributed by atoms with Gasteiger partial charge >= 0.3 is 0 Å². The third-order valence-electron chi connectivity index (χ3n) is 2.41. The van der Waals surface area contributed by atoms with E-state index in [1.165, 1.54) is 0 Å². The Kier molecular flexibility index (Phi) is 2.67. The quantitative estimate of drug-likeness (QED) is 0.699. The Morgan fingerprint density at radius 2 is 2.07 bits per heavy atom. The highest BCUT2D eigenvalue weighted by Crippen LogP contribution is 2.13. The third kappa shape index (κ3) is 2.15. The Morgan fingerprint density at radius 3 is 2.67 bits per heavy atom. The maximum Gasteiger partial charge on any atom is 0.237 e. The molecular formula is C11H12N2O2. The minimum atomic E-state index is -0.537. The second-order valence-electron chi connectivity index (χ2n) is 3.49. The molecule has 4 nitrogen and oxygen atoms in total. The number of benzene rings is 1. The molecule has 1 aliphatic heterocycles. The third-order valence-corrected chi connectivity index (χ3v) is 2.41. The number of para-hydroxylation sites is 1. The topological polar surface area (TPSA) is 58.2 Å². The number of carbonyl (C=O) groups is 2. The molecule has 1 fully saturated rings. The molecule has 1 heterocycles. The van der Waals surface area contributed by atoms with E-state index in [1.807, 2.05) is 18.2 Å². The van der Waals surface area contributed by atoms with Gasteiger partial charge in [-0.25, -0.2) is 0 Å². The van der Waals surface area contributed by atoms with Gasteiger partial charge in [-0.3, -0.25) is 9.59 Å². The van der Waals surface area contributed by atoms with Crippen molar-refractivity contribution in [3.8, 4) is 0 Å². The summed E-state index contributed by atoms with van der Waals surface area (Å²) in [5.41, 5.74) is 0.724. The summed E-state index contributed by atoms with van der Waals surface area (Å²) in [5.74, 6) is -0.940. The number of anilines is 1. The van der Waals surface area contributed by atoms with Crippen LogP contribution in [-0.2, 0) is 9.59 Å². The molecule has 1 saturated heterocycles. The molecule has 1 aromatic rings. The van der Waals surface area contributed by atoms with Gasteiger partial charge in [0.15, 0.2) is 0 Å². The average molecular weight is 204 g/mol. The standard InChI is InChI=1S/C11H12N2O2/c14-10-9(6-7-12-10)11(15)13-8-4-2-1-3-5-8/h1-5,9H,6-7H2,(H,12,14)(H,13,15). The maximum atomic E-state index is 11.7. The SMILES string of the molecule is O=C1NCCC1C(=O)Nc1ccccc1. The van der Waals surface area contributed by atoms with E-state index < -0.39 is 5.92 Å². The van der Waals surface area contributed by atoms with Crippen molar-refractivity contribution in [2.75, 3.05) is 11.9 Å². The first-order valence-electron chi connectivity index (χ1n) is 4.91. The normalized spacial score (nSPS) is 19.7. The van der Waals surface area contributed by atoms with Crippen molar-refractivity contribution < 1.29 is 9.59 Å². The molecule has 2 rings (SSSR count). The van der Waals surface area contributed by atoms with Gasteiger partial charge in [-0.15, -0.1) is 0 Å². The van der Waals surface area contributed by atoms with Crippen LogP contribution >= 0.6 is 0 Å². The number of carbonyl (C=O) groups excluding carboxylic acids is 2. The van der Waals surface area contributed by atoms with Gasteiger partial charge in [-0.2, -0.15) is 0 Å². The van der Waals surface area contributed by atoms with Crippen molar-refractivity contribution in [1.82, 2.24) is 5.32 Å². The van der Waals surface area contributed by atoms with E-state index >= 15 is 0 Å². The van der Waals surface area contributed by atoms with Crippen molar-refractivity contribution in [3.63, 3.8) is 0 Å². The first-order chi connectivity index (χ1) is 7.27. The molecule has 0 radical (unpaired) electrons. The molecule has 2 amide bonds. The molecule has 1 aliphatic rings. The zero-order chi connectivity index (χ0) is 10.7. The van der Waals surface area contributed by atoms with Crippen molar-refractivity contribution in [2.45, 2.75) is 6.42 Å². The van der Waals surface area contributed by atoms with Crippen LogP contribution in [0.2, 0.25) is 0 Å². The molecule has 78 valence electrons. The van der Waals surface area contributed by atoms with Crippen molar-refractivity contribution in [1.29, 1.82) is 0 Å². The molecule has 0 bridgehead atoms. The lowest BCUT2D eigenvalue weighted by Gasteiger charge is -2.08. The summed E-state index contributed by atoms with van der Waals surface area (Å²) in [4.78, 5) is 22.9. The zero-order valence-corrected chi connectivity index (χ0v) is 8.19. The van der Waals surface area contributed by atoms with Crippen LogP contribution in [0.25, 0.3) is 0 Å². The lowest BCUT2D eigenvalue weighted by molar-refractivity contribution is -0.130. The van der Waals surface area contributed by atoms with E-state index in [-0.39, 0.29) is 11.8 Å². The van der Waals surface area contributed by atoms with Gasteiger partial charge in [0, 0.05) is 12.2 Å². The fourth-order valence-corrected chi connectivity index (χ4v) is 1.60. The summed E-state index contributed by atoms with van der Waals surface area (Å²) in [6.07, 6.45) is 0.581. The summed E-state index contributed by atoms with van der Waals surface area (Å²) in [5, 5.41) is 5.35. The molecule has 0 spiro atoms. The van der Waals surface area contributed by atoms with Crippen LogP contribution in [0.1, 0.15) is 6.42 Å².